The first kappa shape index (κ1) is 13.6. The van der Waals surface area contributed by atoms with E-state index in [1.54, 1.807) is 0 Å². The zero-order valence-electron chi connectivity index (χ0n) is 9.83. The molecular formula is C12H16ClNO3. The average molecular weight is 258 g/mol. The van der Waals surface area contributed by atoms with E-state index in [-0.39, 0.29) is 22.9 Å². The van der Waals surface area contributed by atoms with E-state index >= 15 is 0 Å². The number of rotatable bonds is 4. The number of phenols is 2. The predicted molar refractivity (Wildman–Crippen MR) is 66.7 cm³/mol. The minimum absolute atomic E-state index is 0.0368. The molecule has 1 aromatic rings. The molecule has 0 radical (unpaired) electrons. The van der Waals surface area contributed by atoms with Crippen LogP contribution in [-0.4, -0.2) is 27.5 Å². The summed E-state index contributed by atoms with van der Waals surface area (Å²) in [6.07, 6.45) is 0.668. The Labute approximate surface area is 105 Å². The summed E-state index contributed by atoms with van der Waals surface area (Å²) >= 11 is 5.78. The molecule has 4 nitrogen and oxygen atoms in total. The number of phenolic OH excluding ortho intramolecular Hbond substituents is 2. The summed E-state index contributed by atoms with van der Waals surface area (Å²) in [4.78, 5) is 11.9. The highest BCUT2D eigenvalue weighted by atomic mass is 35.5. The molecule has 3 N–H and O–H groups in total. The summed E-state index contributed by atoms with van der Waals surface area (Å²) in [5, 5.41) is 21.6. The summed E-state index contributed by atoms with van der Waals surface area (Å²) in [6, 6.07) is 3.80. The average Bonchev–Trinajstić information content (AvgIpc) is 2.32. The molecule has 0 spiro atoms. The van der Waals surface area contributed by atoms with Crippen molar-refractivity contribution in [3.63, 3.8) is 0 Å². The zero-order valence-corrected chi connectivity index (χ0v) is 10.6. The van der Waals surface area contributed by atoms with Crippen molar-refractivity contribution in [3.8, 4) is 11.5 Å². The van der Waals surface area contributed by atoms with Gasteiger partial charge in [-0.15, -0.1) is 11.6 Å². The van der Waals surface area contributed by atoms with Gasteiger partial charge in [0.2, 0.25) is 0 Å². The third-order valence-corrected chi connectivity index (χ3v) is 3.31. The third-order valence-electron chi connectivity index (χ3n) is 2.72. The topological polar surface area (TPSA) is 69.6 Å². The molecule has 0 saturated heterocycles. The van der Waals surface area contributed by atoms with Gasteiger partial charge in [-0.05, 0) is 31.5 Å². The van der Waals surface area contributed by atoms with Crippen molar-refractivity contribution in [2.24, 2.45) is 0 Å². The van der Waals surface area contributed by atoms with Gasteiger partial charge in [-0.2, -0.15) is 0 Å². The normalized spacial score (nSPS) is 14.1. The largest absolute Gasteiger partial charge is 0.508 e. The fourth-order valence-electron chi connectivity index (χ4n) is 1.26. The van der Waals surface area contributed by atoms with E-state index in [4.69, 9.17) is 11.6 Å². The van der Waals surface area contributed by atoms with E-state index < -0.39 is 11.4 Å². The van der Waals surface area contributed by atoms with Crippen molar-refractivity contribution >= 4 is 17.5 Å². The number of carbonyl (C=O) groups excluding carboxylic acids is 1. The lowest BCUT2D eigenvalue weighted by molar-refractivity contribution is 0.0909. The molecule has 0 aliphatic rings. The van der Waals surface area contributed by atoms with E-state index in [0.717, 1.165) is 0 Å². The number of benzene rings is 1. The predicted octanol–water partition coefficient (Wildman–Crippen LogP) is 2.24. The van der Waals surface area contributed by atoms with Crippen molar-refractivity contribution < 1.29 is 15.0 Å². The van der Waals surface area contributed by atoms with Gasteiger partial charge in [-0.3, -0.25) is 4.79 Å². The molecule has 0 aliphatic heterocycles. The maximum Gasteiger partial charge on any atom is 0.255 e. The van der Waals surface area contributed by atoms with Crippen LogP contribution in [-0.2, 0) is 0 Å². The second-order valence-electron chi connectivity index (χ2n) is 4.20. The molecular weight excluding hydrogens is 242 g/mol. The van der Waals surface area contributed by atoms with Crippen LogP contribution in [0.4, 0.5) is 0 Å². The zero-order chi connectivity index (χ0) is 13.1. The molecule has 0 heterocycles. The first-order valence-electron chi connectivity index (χ1n) is 5.32. The van der Waals surface area contributed by atoms with Crippen LogP contribution in [0.15, 0.2) is 18.2 Å². The number of aromatic hydroxyl groups is 2. The van der Waals surface area contributed by atoms with Gasteiger partial charge in [0.1, 0.15) is 11.5 Å². The highest BCUT2D eigenvalue weighted by Gasteiger charge is 2.25. The molecule has 0 aromatic heterocycles. The van der Waals surface area contributed by atoms with Gasteiger partial charge in [0.15, 0.2) is 0 Å². The van der Waals surface area contributed by atoms with Gasteiger partial charge in [0.25, 0.3) is 5.91 Å². The second kappa shape index (κ2) is 5.27. The van der Waals surface area contributed by atoms with Gasteiger partial charge in [0.05, 0.1) is 11.1 Å². The fourth-order valence-corrected chi connectivity index (χ4v) is 1.52. The molecule has 0 saturated carbocycles. The van der Waals surface area contributed by atoms with E-state index in [9.17, 15) is 15.0 Å². The Kier molecular flexibility index (Phi) is 4.23. The minimum atomic E-state index is -0.531. The van der Waals surface area contributed by atoms with Gasteiger partial charge in [0, 0.05) is 5.88 Å². The van der Waals surface area contributed by atoms with Crippen molar-refractivity contribution in [2.75, 3.05) is 5.88 Å². The minimum Gasteiger partial charge on any atom is -0.508 e. The Hall–Kier alpha value is -1.42. The Morgan fingerprint density at radius 3 is 2.65 bits per heavy atom. The highest BCUT2D eigenvalue weighted by molar-refractivity contribution is 6.18. The molecule has 94 valence electrons. The first-order chi connectivity index (χ1) is 7.91. The highest BCUT2D eigenvalue weighted by Crippen LogP contribution is 2.23. The molecule has 5 heteroatoms. The van der Waals surface area contributed by atoms with E-state index in [0.29, 0.717) is 6.42 Å². The SMILES string of the molecule is CCC(C)(CCl)NC(=O)c1cc(O)ccc1O. The van der Waals surface area contributed by atoms with Gasteiger partial charge in [-0.1, -0.05) is 6.92 Å². The Morgan fingerprint density at radius 2 is 2.12 bits per heavy atom. The Morgan fingerprint density at radius 1 is 1.47 bits per heavy atom. The van der Waals surface area contributed by atoms with Crippen LogP contribution in [0.3, 0.4) is 0 Å². The summed E-state index contributed by atoms with van der Waals surface area (Å²) in [7, 11) is 0. The smallest absolute Gasteiger partial charge is 0.255 e. The van der Waals surface area contributed by atoms with E-state index in [1.165, 1.54) is 18.2 Å². The molecule has 1 atom stereocenters. The lowest BCUT2D eigenvalue weighted by Crippen LogP contribution is -2.47. The second-order valence-corrected chi connectivity index (χ2v) is 4.47. The van der Waals surface area contributed by atoms with Crippen molar-refractivity contribution in [1.82, 2.24) is 5.32 Å². The molecule has 1 rings (SSSR count). The van der Waals surface area contributed by atoms with Crippen LogP contribution in [0, 0.1) is 0 Å². The lowest BCUT2D eigenvalue weighted by Gasteiger charge is -2.27. The molecule has 0 bridgehead atoms. The summed E-state index contributed by atoms with van der Waals surface area (Å²) in [5.74, 6) is -0.428. The molecule has 1 amide bonds. The summed E-state index contributed by atoms with van der Waals surface area (Å²) in [5.41, 5.74) is -0.494. The van der Waals surface area contributed by atoms with Crippen LogP contribution in [0.2, 0.25) is 0 Å². The van der Waals surface area contributed by atoms with Crippen molar-refractivity contribution in [1.29, 1.82) is 0 Å². The Balaban J connectivity index is 2.94. The van der Waals surface area contributed by atoms with Crippen LogP contribution >= 0.6 is 11.6 Å². The third kappa shape index (κ3) is 3.27. The van der Waals surface area contributed by atoms with Crippen molar-refractivity contribution in [2.45, 2.75) is 25.8 Å². The van der Waals surface area contributed by atoms with Gasteiger partial charge in [-0.25, -0.2) is 0 Å². The van der Waals surface area contributed by atoms with Gasteiger partial charge < -0.3 is 15.5 Å². The number of halogens is 1. The van der Waals surface area contributed by atoms with Crippen LogP contribution < -0.4 is 5.32 Å². The quantitative estimate of drug-likeness (QED) is 0.572. The number of alkyl halides is 1. The van der Waals surface area contributed by atoms with Crippen LogP contribution in [0.1, 0.15) is 30.6 Å². The lowest BCUT2D eigenvalue weighted by atomic mass is 10.0. The number of nitrogens with one attached hydrogen (secondary N) is 1. The number of hydrogen-bond acceptors (Lipinski definition) is 3. The number of amides is 1. The van der Waals surface area contributed by atoms with Crippen LogP contribution in [0.25, 0.3) is 0 Å². The fraction of sp³-hybridized carbons (Fsp3) is 0.417. The number of hydrogen-bond donors (Lipinski definition) is 3. The monoisotopic (exact) mass is 257 g/mol. The standard InChI is InChI=1S/C12H16ClNO3/c1-3-12(2,7-13)14-11(17)9-6-8(15)4-5-10(9)16/h4-6,15-16H,3,7H2,1-2H3,(H,14,17). The summed E-state index contributed by atoms with van der Waals surface area (Å²) < 4.78 is 0. The maximum atomic E-state index is 11.9. The molecule has 1 aromatic carbocycles. The van der Waals surface area contributed by atoms with E-state index in [2.05, 4.69) is 5.32 Å². The Bertz CT molecular complexity index is 416. The molecule has 17 heavy (non-hydrogen) atoms. The maximum absolute atomic E-state index is 11.9. The molecule has 0 fully saturated rings. The van der Waals surface area contributed by atoms with Crippen LogP contribution in [0.5, 0.6) is 11.5 Å². The van der Waals surface area contributed by atoms with Gasteiger partial charge >= 0.3 is 0 Å². The first-order valence-corrected chi connectivity index (χ1v) is 5.86. The van der Waals surface area contributed by atoms with Crippen molar-refractivity contribution in [3.05, 3.63) is 23.8 Å². The molecule has 0 aliphatic carbocycles. The number of carbonyl (C=O) groups is 1. The summed E-state index contributed by atoms with van der Waals surface area (Å²) in [6.45, 7) is 3.72. The van der Waals surface area contributed by atoms with E-state index in [1.807, 2.05) is 13.8 Å². The molecule has 1 unspecified atom stereocenters.